The van der Waals surface area contributed by atoms with Gasteiger partial charge in [-0.05, 0) is 90.5 Å². The summed E-state index contributed by atoms with van der Waals surface area (Å²) in [6.45, 7) is 2.41. The van der Waals surface area contributed by atoms with Gasteiger partial charge in [-0.25, -0.2) is 18.8 Å². The Balaban J connectivity index is 0.000000788. The molecule has 8 N–H and O–H groups in total. The predicted octanol–water partition coefficient (Wildman–Crippen LogP) is 5.37. The summed E-state index contributed by atoms with van der Waals surface area (Å²) in [6.07, 6.45) is -7.67. The predicted molar refractivity (Wildman–Crippen MR) is 162 cm³/mol. The summed E-state index contributed by atoms with van der Waals surface area (Å²) in [5.41, 5.74) is 6.39. The van der Waals surface area contributed by atoms with Crippen molar-refractivity contribution in [2.24, 2.45) is 11.5 Å². The highest BCUT2D eigenvalue weighted by Crippen LogP contribution is 2.34. The van der Waals surface area contributed by atoms with Gasteiger partial charge in [-0.1, -0.05) is 11.6 Å². The van der Waals surface area contributed by atoms with Crippen molar-refractivity contribution in [3.63, 3.8) is 0 Å². The molecule has 19 heteroatoms. The minimum absolute atomic E-state index is 0.134. The summed E-state index contributed by atoms with van der Waals surface area (Å²) in [6, 6.07) is 2.65. The molecule has 0 aliphatic rings. The van der Waals surface area contributed by atoms with Gasteiger partial charge in [0.2, 0.25) is 0 Å². The molecule has 0 aromatic heterocycles. The third-order valence-corrected chi connectivity index (χ3v) is 5.48. The van der Waals surface area contributed by atoms with E-state index in [1.807, 2.05) is 38.0 Å². The van der Waals surface area contributed by atoms with Crippen LogP contribution in [0.1, 0.15) is 24.0 Å². The van der Waals surface area contributed by atoms with Crippen molar-refractivity contribution in [1.29, 1.82) is 0 Å². The number of urea groups is 3. The maximum absolute atomic E-state index is 13.1. The minimum Gasteiger partial charge on any atom is -0.352 e. The number of nitrogens with one attached hydrogen (secondary N) is 4. The number of hydrogen-bond donors (Lipinski definition) is 6. The Morgan fingerprint density at radius 3 is 1.61 bits per heavy atom. The van der Waals surface area contributed by atoms with Crippen LogP contribution < -0.4 is 32.7 Å². The lowest BCUT2D eigenvalue weighted by atomic mass is 10.2. The first kappa shape index (κ1) is 42.0. The van der Waals surface area contributed by atoms with Crippen molar-refractivity contribution in [2.75, 3.05) is 65.0 Å². The summed E-state index contributed by atoms with van der Waals surface area (Å²) < 4.78 is 88.1. The van der Waals surface area contributed by atoms with E-state index in [1.165, 1.54) is 0 Å². The molecular formula is C27H38ClF7N8O3. The SMILES string of the molecule is CN(C)CCCNC(=O)Nc1cc(F)cc(C(F)(F)F)c1.CN(C)CCCNC(=O)Nc1ccc(C(F)(F)F)cc1Cl.NC(N)=O. The van der Waals surface area contributed by atoms with E-state index in [0.29, 0.717) is 31.6 Å². The van der Waals surface area contributed by atoms with Crippen LogP contribution in [0.15, 0.2) is 36.4 Å². The molecule has 0 fully saturated rings. The molecule has 0 unspecified atom stereocenters. The van der Waals surface area contributed by atoms with E-state index >= 15 is 0 Å². The van der Waals surface area contributed by atoms with E-state index in [0.717, 1.165) is 43.8 Å². The third kappa shape index (κ3) is 20.1. The first-order chi connectivity index (χ1) is 21.1. The number of carbonyl (C=O) groups excluding carboxylic acids is 3. The van der Waals surface area contributed by atoms with Crippen LogP contribution in [0.4, 0.5) is 56.5 Å². The molecule has 0 saturated heterocycles. The maximum atomic E-state index is 13.1. The van der Waals surface area contributed by atoms with Gasteiger partial charge in [-0.2, -0.15) is 26.3 Å². The number of alkyl halides is 6. The fourth-order valence-corrected chi connectivity index (χ4v) is 3.38. The van der Waals surface area contributed by atoms with Crippen LogP contribution in [0.5, 0.6) is 0 Å². The largest absolute Gasteiger partial charge is 0.416 e. The first-order valence-electron chi connectivity index (χ1n) is 13.3. The number of hydrogen-bond acceptors (Lipinski definition) is 5. The fraction of sp³-hybridized carbons (Fsp3) is 0.444. The monoisotopic (exact) mass is 690 g/mol. The summed E-state index contributed by atoms with van der Waals surface area (Å²) in [5, 5.41) is 9.52. The lowest BCUT2D eigenvalue weighted by Gasteiger charge is -2.12. The van der Waals surface area contributed by atoms with Crippen molar-refractivity contribution in [3.8, 4) is 0 Å². The smallest absolute Gasteiger partial charge is 0.352 e. The molecular weight excluding hydrogens is 653 g/mol. The molecule has 0 aliphatic carbocycles. The van der Waals surface area contributed by atoms with Crippen molar-refractivity contribution in [2.45, 2.75) is 25.2 Å². The molecule has 0 saturated carbocycles. The third-order valence-electron chi connectivity index (χ3n) is 5.16. The number of halogens is 8. The Morgan fingerprint density at radius 2 is 1.20 bits per heavy atom. The number of primary amides is 2. The van der Waals surface area contributed by atoms with E-state index in [-0.39, 0.29) is 16.4 Å². The lowest BCUT2D eigenvalue weighted by Crippen LogP contribution is -2.31. The van der Waals surface area contributed by atoms with Gasteiger partial charge in [0.25, 0.3) is 0 Å². The van der Waals surface area contributed by atoms with Gasteiger partial charge in [-0.15, -0.1) is 0 Å². The van der Waals surface area contributed by atoms with Crippen LogP contribution >= 0.6 is 11.6 Å². The average molecular weight is 691 g/mol. The van der Waals surface area contributed by atoms with E-state index in [9.17, 15) is 40.3 Å². The number of rotatable bonds is 10. The molecule has 2 aromatic rings. The molecule has 0 aliphatic heterocycles. The van der Waals surface area contributed by atoms with Crippen LogP contribution in [-0.4, -0.2) is 82.3 Å². The second-order valence-electron chi connectivity index (χ2n) is 9.90. The second kappa shape index (κ2) is 20.2. The van der Waals surface area contributed by atoms with E-state index in [1.54, 1.807) is 0 Å². The van der Waals surface area contributed by atoms with Crippen LogP contribution in [0.3, 0.4) is 0 Å². The van der Waals surface area contributed by atoms with Gasteiger partial charge in [0.1, 0.15) is 5.82 Å². The van der Waals surface area contributed by atoms with Gasteiger partial charge in [-0.3, -0.25) is 0 Å². The first-order valence-corrected chi connectivity index (χ1v) is 13.7. The number of nitrogens with zero attached hydrogens (tertiary/aromatic N) is 2. The molecule has 46 heavy (non-hydrogen) atoms. The standard InChI is InChI=1S/C13H17ClF3N3O.C13H17F4N3O.CH4N2O/c1-20(2)7-3-6-18-12(21)19-11-5-4-9(8-10(11)14)13(15,16)17;1-20(2)5-3-4-18-12(21)19-11-7-9(13(15,16)17)6-10(14)8-11;2-1(3)4/h4-5,8H,3,6-7H2,1-2H3,(H2,18,19,21);6-8H,3-5H2,1-2H3,(H2,18,19,21);(H4,2,3,4). The highest BCUT2D eigenvalue weighted by Gasteiger charge is 2.32. The molecule has 0 atom stereocenters. The van der Waals surface area contributed by atoms with Gasteiger partial charge >= 0.3 is 30.4 Å². The van der Waals surface area contributed by atoms with Crippen molar-refractivity contribution in [3.05, 3.63) is 58.4 Å². The lowest BCUT2D eigenvalue weighted by molar-refractivity contribution is -0.138. The summed E-state index contributed by atoms with van der Waals surface area (Å²) in [5.74, 6) is -1.06. The molecule has 2 rings (SSSR count). The zero-order valence-corrected chi connectivity index (χ0v) is 26.3. The zero-order chi connectivity index (χ0) is 35.7. The van der Waals surface area contributed by atoms with Crippen LogP contribution in [0.2, 0.25) is 5.02 Å². The topological polar surface area (TPSA) is 158 Å². The molecule has 0 bridgehead atoms. The van der Waals surface area contributed by atoms with Crippen LogP contribution in [0.25, 0.3) is 0 Å². The summed E-state index contributed by atoms with van der Waals surface area (Å²) >= 11 is 5.73. The normalized spacial score (nSPS) is 11.1. The number of anilines is 2. The molecule has 0 heterocycles. The molecule has 0 radical (unpaired) electrons. The zero-order valence-electron chi connectivity index (χ0n) is 25.5. The summed E-state index contributed by atoms with van der Waals surface area (Å²) in [7, 11) is 7.60. The van der Waals surface area contributed by atoms with E-state index in [4.69, 9.17) is 16.4 Å². The molecule has 0 spiro atoms. The highest BCUT2D eigenvalue weighted by atomic mass is 35.5. The van der Waals surface area contributed by atoms with Crippen molar-refractivity contribution < 1.29 is 45.1 Å². The van der Waals surface area contributed by atoms with E-state index < -0.39 is 47.4 Å². The second-order valence-corrected chi connectivity index (χ2v) is 10.3. The Hall–Kier alpha value is -4.03. The number of carbonyl (C=O) groups is 3. The summed E-state index contributed by atoms with van der Waals surface area (Å²) in [4.78, 5) is 36.0. The van der Waals surface area contributed by atoms with Gasteiger partial charge in [0.15, 0.2) is 0 Å². The Bertz CT molecular complexity index is 1260. The average Bonchev–Trinajstić information content (AvgIpc) is 2.89. The quantitative estimate of drug-likeness (QED) is 0.146. The number of nitrogens with two attached hydrogens (primary N) is 2. The fourth-order valence-electron chi connectivity index (χ4n) is 3.15. The molecule has 2 aromatic carbocycles. The minimum atomic E-state index is -4.67. The highest BCUT2D eigenvalue weighted by molar-refractivity contribution is 6.33. The Kier molecular flexibility index (Phi) is 18.4. The Morgan fingerprint density at radius 1 is 0.739 bits per heavy atom. The number of benzene rings is 2. The van der Waals surface area contributed by atoms with E-state index in [2.05, 4.69) is 32.7 Å². The van der Waals surface area contributed by atoms with Crippen LogP contribution in [-0.2, 0) is 12.4 Å². The molecule has 11 nitrogen and oxygen atoms in total. The number of amides is 6. The van der Waals surface area contributed by atoms with Crippen LogP contribution in [0, 0.1) is 5.82 Å². The van der Waals surface area contributed by atoms with Gasteiger partial charge in [0.05, 0.1) is 21.8 Å². The van der Waals surface area contributed by atoms with Gasteiger partial charge < -0.3 is 42.5 Å². The maximum Gasteiger partial charge on any atom is 0.416 e. The van der Waals surface area contributed by atoms with Crippen molar-refractivity contribution in [1.82, 2.24) is 20.4 Å². The Labute approximate surface area is 266 Å². The van der Waals surface area contributed by atoms with Gasteiger partial charge in [0, 0.05) is 18.8 Å². The molecule has 260 valence electrons. The van der Waals surface area contributed by atoms with Crippen molar-refractivity contribution >= 4 is 41.1 Å². The molecule has 6 amide bonds.